The van der Waals surface area contributed by atoms with Crippen LogP contribution in [0.2, 0.25) is 0 Å². The third kappa shape index (κ3) is 3.80. The second-order valence-corrected chi connectivity index (χ2v) is 5.18. The van der Waals surface area contributed by atoms with Crippen LogP contribution in [0.1, 0.15) is 44.5 Å². The quantitative estimate of drug-likeness (QED) is 0.749. The summed E-state index contributed by atoms with van der Waals surface area (Å²) in [6, 6.07) is 2.08. The van der Waals surface area contributed by atoms with Gasteiger partial charge in [0.05, 0.1) is 5.69 Å². The van der Waals surface area contributed by atoms with Crippen molar-refractivity contribution in [1.29, 1.82) is 0 Å². The van der Waals surface area contributed by atoms with Crippen LogP contribution in [0.3, 0.4) is 0 Å². The van der Waals surface area contributed by atoms with Gasteiger partial charge in [0.2, 0.25) is 0 Å². The molecule has 19 heavy (non-hydrogen) atoms. The van der Waals surface area contributed by atoms with Gasteiger partial charge in [-0.05, 0) is 38.2 Å². The number of aromatic nitrogens is 2. The van der Waals surface area contributed by atoms with Crippen molar-refractivity contribution in [2.45, 2.75) is 64.6 Å². The molecule has 2 N–H and O–H groups in total. The molecule has 0 spiro atoms. The Labute approximate surface area is 114 Å². The van der Waals surface area contributed by atoms with Crippen LogP contribution in [0, 0.1) is 0 Å². The molecule has 0 saturated heterocycles. The fraction of sp³-hybridized carbons (Fsp3) is 0.714. The van der Waals surface area contributed by atoms with Crippen molar-refractivity contribution in [3.8, 4) is 0 Å². The number of rotatable bonds is 8. The van der Waals surface area contributed by atoms with Crippen LogP contribution < -0.4 is 5.32 Å². The summed E-state index contributed by atoms with van der Waals surface area (Å²) in [7, 11) is 0. The first-order valence-electron chi connectivity index (χ1n) is 7.18. The van der Waals surface area contributed by atoms with Crippen LogP contribution in [0.4, 0.5) is 0 Å². The Balaban J connectivity index is 1.95. The van der Waals surface area contributed by atoms with E-state index >= 15 is 0 Å². The predicted molar refractivity (Wildman–Crippen MR) is 73.2 cm³/mol. The van der Waals surface area contributed by atoms with Crippen LogP contribution in [-0.4, -0.2) is 32.9 Å². The van der Waals surface area contributed by atoms with E-state index in [1.54, 1.807) is 0 Å². The Morgan fingerprint density at radius 2 is 2.26 bits per heavy atom. The summed E-state index contributed by atoms with van der Waals surface area (Å²) in [5.41, 5.74) is 2.27. The van der Waals surface area contributed by atoms with Gasteiger partial charge >= 0.3 is 5.97 Å². The minimum atomic E-state index is -0.757. The van der Waals surface area contributed by atoms with Gasteiger partial charge < -0.3 is 10.4 Å². The molecule has 1 aromatic heterocycles. The first kappa shape index (κ1) is 14.1. The van der Waals surface area contributed by atoms with E-state index in [4.69, 9.17) is 0 Å². The normalized spacial score (nSPS) is 16.5. The number of aryl methyl sites for hydroxylation is 3. The van der Waals surface area contributed by atoms with Gasteiger partial charge in [-0.25, -0.2) is 0 Å². The van der Waals surface area contributed by atoms with Gasteiger partial charge in [-0.2, -0.15) is 5.10 Å². The molecule has 0 aromatic carbocycles. The van der Waals surface area contributed by atoms with Crippen molar-refractivity contribution in [1.82, 2.24) is 15.1 Å². The number of aliphatic carboxylic acids is 1. The molecule has 1 saturated carbocycles. The standard InChI is InChI=1S/C14H23N3O2/c1-3-10-9-12(4-2)17(16-10)8-7-13(14(18)19)15-11-5-6-11/h9,11,13,15H,3-8H2,1-2H3,(H,18,19). The van der Waals surface area contributed by atoms with Gasteiger partial charge in [-0.3, -0.25) is 9.48 Å². The molecule has 2 rings (SSSR count). The molecule has 1 fully saturated rings. The van der Waals surface area contributed by atoms with Crippen molar-refractivity contribution >= 4 is 5.97 Å². The molecule has 5 nitrogen and oxygen atoms in total. The van der Waals surface area contributed by atoms with Crippen LogP contribution in [0.25, 0.3) is 0 Å². The number of nitrogens with one attached hydrogen (secondary N) is 1. The third-order valence-electron chi connectivity index (χ3n) is 3.58. The van der Waals surface area contributed by atoms with E-state index in [-0.39, 0.29) is 0 Å². The topological polar surface area (TPSA) is 67.2 Å². The van der Waals surface area contributed by atoms with E-state index in [0.29, 0.717) is 19.0 Å². The Kier molecular flexibility index (Phi) is 4.58. The van der Waals surface area contributed by atoms with Crippen LogP contribution in [-0.2, 0) is 24.2 Å². The number of carboxylic acid groups (broad SMARTS) is 1. The zero-order valence-corrected chi connectivity index (χ0v) is 11.7. The molecular weight excluding hydrogens is 242 g/mol. The molecular formula is C14H23N3O2. The highest BCUT2D eigenvalue weighted by Gasteiger charge is 2.28. The molecule has 1 aliphatic carbocycles. The minimum Gasteiger partial charge on any atom is -0.480 e. The highest BCUT2D eigenvalue weighted by atomic mass is 16.4. The summed E-state index contributed by atoms with van der Waals surface area (Å²) < 4.78 is 1.96. The van der Waals surface area contributed by atoms with E-state index in [2.05, 4.69) is 30.3 Å². The third-order valence-corrected chi connectivity index (χ3v) is 3.58. The molecule has 5 heteroatoms. The van der Waals surface area contributed by atoms with Crippen molar-refractivity contribution in [2.24, 2.45) is 0 Å². The summed E-state index contributed by atoms with van der Waals surface area (Å²) >= 11 is 0. The number of hydrogen-bond donors (Lipinski definition) is 2. The number of hydrogen-bond acceptors (Lipinski definition) is 3. The molecule has 1 unspecified atom stereocenters. The lowest BCUT2D eigenvalue weighted by molar-refractivity contribution is -0.139. The highest BCUT2D eigenvalue weighted by Crippen LogP contribution is 2.20. The van der Waals surface area contributed by atoms with E-state index in [1.807, 2.05) is 4.68 Å². The van der Waals surface area contributed by atoms with Crippen molar-refractivity contribution in [3.05, 3.63) is 17.5 Å². The van der Waals surface area contributed by atoms with E-state index < -0.39 is 12.0 Å². The number of nitrogens with zero attached hydrogens (tertiary/aromatic N) is 2. The van der Waals surface area contributed by atoms with Gasteiger partial charge in [-0.1, -0.05) is 13.8 Å². The molecule has 1 aromatic rings. The fourth-order valence-corrected chi connectivity index (χ4v) is 2.23. The molecule has 0 bridgehead atoms. The van der Waals surface area contributed by atoms with Gasteiger partial charge in [0.15, 0.2) is 0 Å². The first-order chi connectivity index (χ1) is 9.13. The number of carboxylic acids is 1. The Morgan fingerprint density at radius 3 is 2.79 bits per heavy atom. The maximum absolute atomic E-state index is 11.2. The molecule has 0 amide bonds. The summed E-state index contributed by atoms with van der Waals surface area (Å²) in [6.45, 7) is 4.85. The van der Waals surface area contributed by atoms with Crippen LogP contribution in [0.15, 0.2) is 6.07 Å². The average Bonchev–Trinajstić information content (AvgIpc) is 3.12. The Hall–Kier alpha value is -1.36. The zero-order chi connectivity index (χ0) is 13.8. The second kappa shape index (κ2) is 6.19. The van der Waals surface area contributed by atoms with Gasteiger partial charge in [-0.15, -0.1) is 0 Å². The molecule has 1 atom stereocenters. The lowest BCUT2D eigenvalue weighted by Crippen LogP contribution is -2.39. The minimum absolute atomic E-state index is 0.413. The van der Waals surface area contributed by atoms with E-state index in [0.717, 1.165) is 31.4 Å². The highest BCUT2D eigenvalue weighted by molar-refractivity contribution is 5.73. The molecule has 0 radical (unpaired) electrons. The Morgan fingerprint density at radius 1 is 1.53 bits per heavy atom. The molecule has 0 aliphatic heterocycles. The summed E-state index contributed by atoms with van der Waals surface area (Å²) in [4.78, 5) is 11.2. The maximum Gasteiger partial charge on any atom is 0.320 e. The van der Waals surface area contributed by atoms with Crippen molar-refractivity contribution in [2.75, 3.05) is 0 Å². The molecule has 106 valence electrons. The first-order valence-corrected chi connectivity index (χ1v) is 7.18. The Bertz CT molecular complexity index is 438. The SMILES string of the molecule is CCc1cc(CC)n(CCC(NC2CC2)C(=O)O)n1. The zero-order valence-electron chi connectivity index (χ0n) is 11.7. The fourth-order valence-electron chi connectivity index (χ4n) is 2.23. The summed E-state index contributed by atoms with van der Waals surface area (Å²) in [6.07, 6.45) is 4.64. The number of carbonyl (C=O) groups is 1. The summed E-state index contributed by atoms with van der Waals surface area (Å²) in [5, 5.41) is 16.9. The lowest BCUT2D eigenvalue weighted by atomic mass is 10.2. The smallest absolute Gasteiger partial charge is 0.320 e. The maximum atomic E-state index is 11.2. The van der Waals surface area contributed by atoms with Crippen LogP contribution in [0.5, 0.6) is 0 Å². The average molecular weight is 265 g/mol. The monoisotopic (exact) mass is 265 g/mol. The summed E-state index contributed by atoms with van der Waals surface area (Å²) in [5.74, 6) is -0.757. The van der Waals surface area contributed by atoms with Gasteiger partial charge in [0.1, 0.15) is 6.04 Å². The van der Waals surface area contributed by atoms with E-state index in [1.165, 1.54) is 5.69 Å². The predicted octanol–water partition coefficient (Wildman–Crippen LogP) is 1.60. The van der Waals surface area contributed by atoms with E-state index in [9.17, 15) is 9.90 Å². The van der Waals surface area contributed by atoms with Gasteiger partial charge in [0.25, 0.3) is 0 Å². The van der Waals surface area contributed by atoms with Crippen molar-refractivity contribution < 1.29 is 9.90 Å². The van der Waals surface area contributed by atoms with Gasteiger partial charge in [0, 0.05) is 18.3 Å². The largest absolute Gasteiger partial charge is 0.480 e. The van der Waals surface area contributed by atoms with Crippen LogP contribution >= 0.6 is 0 Å². The molecule has 1 aliphatic rings. The molecule has 1 heterocycles. The van der Waals surface area contributed by atoms with Crippen molar-refractivity contribution in [3.63, 3.8) is 0 Å². The second-order valence-electron chi connectivity index (χ2n) is 5.18. The lowest BCUT2D eigenvalue weighted by Gasteiger charge is -2.14.